The zero-order valence-electron chi connectivity index (χ0n) is 10.6. The van der Waals surface area contributed by atoms with E-state index in [1.807, 2.05) is 36.0 Å². The summed E-state index contributed by atoms with van der Waals surface area (Å²) >= 11 is 3.47. The Morgan fingerprint density at radius 3 is 2.89 bits per heavy atom. The number of rotatable bonds is 3. The molecule has 2 aromatic heterocycles. The lowest BCUT2D eigenvalue weighted by atomic mass is 10.2. The summed E-state index contributed by atoms with van der Waals surface area (Å²) in [4.78, 5) is 0. The number of hydrogen-bond donors (Lipinski definition) is 0. The highest BCUT2D eigenvalue weighted by atomic mass is 79.9. The van der Waals surface area contributed by atoms with Crippen LogP contribution in [0.5, 0.6) is 5.75 Å². The smallest absolute Gasteiger partial charge is 0.135 e. The van der Waals surface area contributed by atoms with Gasteiger partial charge in [-0.2, -0.15) is 5.10 Å². The fourth-order valence-electron chi connectivity index (χ4n) is 1.97. The molecule has 6 heteroatoms. The molecule has 5 nitrogen and oxygen atoms in total. The molecule has 1 aromatic carbocycles. The Balaban J connectivity index is 1.97. The molecular weight excluding hydrogens is 310 g/mol. The Morgan fingerprint density at radius 2 is 2.21 bits per heavy atom. The minimum atomic E-state index is 0.589. The molecule has 98 valence electrons. The van der Waals surface area contributed by atoms with Crippen molar-refractivity contribution in [3.8, 4) is 5.75 Å². The Bertz CT molecular complexity index is 733. The summed E-state index contributed by atoms with van der Waals surface area (Å²) in [6, 6.07) is 5.80. The van der Waals surface area contributed by atoms with Gasteiger partial charge in [0.2, 0.25) is 0 Å². The number of fused-ring (bicyclic) bond motifs is 1. The fourth-order valence-corrected chi connectivity index (χ4v) is 2.49. The number of ether oxygens (including phenoxy) is 1. The summed E-state index contributed by atoms with van der Waals surface area (Å²) in [5, 5.41) is 9.51. The maximum absolute atomic E-state index is 5.26. The van der Waals surface area contributed by atoms with E-state index >= 15 is 0 Å². The zero-order chi connectivity index (χ0) is 13.4. The Kier molecular flexibility index (Phi) is 3.02. The van der Waals surface area contributed by atoms with Gasteiger partial charge in [0.05, 0.1) is 23.6 Å². The van der Waals surface area contributed by atoms with Crippen LogP contribution in [0.4, 0.5) is 0 Å². The molecule has 0 aliphatic carbocycles. The van der Waals surface area contributed by atoms with Gasteiger partial charge in [0.1, 0.15) is 17.2 Å². The fraction of sp³-hybridized carbons (Fsp3) is 0.231. The number of nitrogens with zero attached hydrogens (tertiary/aromatic N) is 3. The molecule has 0 bridgehead atoms. The molecule has 0 aliphatic rings. The zero-order valence-corrected chi connectivity index (χ0v) is 12.1. The van der Waals surface area contributed by atoms with Gasteiger partial charge >= 0.3 is 0 Å². The third-order valence-electron chi connectivity index (χ3n) is 2.83. The van der Waals surface area contributed by atoms with Gasteiger partial charge in [-0.1, -0.05) is 5.16 Å². The first kappa shape index (κ1) is 12.2. The first-order valence-electron chi connectivity index (χ1n) is 5.78. The molecule has 0 spiro atoms. The summed E-state index contributed by atoms with van der Waals surface area (Å²) in [6.45, 7) is 2.46. The van der Waals surface area contributed by atoms with Crippen LogP contribution in [0.25, 0.3) is 10.9 Å². The lowest BCUT2D eigenvalue weighted by Gasteiger charge is -2.01. The molecule has 0 saturated carbocycles. The second-order valence-electron chi connectivity index (χ2n) is 4.30. The van der Waals surface area contributed by atoms with Gasteiger partial charge in [0.25, 0.3) is 0 Å². The highest BCUT2D eigenvalue weighted by Gasteiger charge is 2.08. The van der Waals surface area contributed by atoms with Gasteiger partial charge in [-0.15, -0.1) is 0 Å². The van der Waals surface area contributed by atoms with Crippen LogP contribution in [-0.2, 0) is 6.54 Å². The lowest BCUT2D eigenvalue weighted by Crippen LogP contribution is -1.99. The van der Waals surface area contributed by atoms with Crippen molar-refractivity contribution in [1.29, 1.82) is 0 Å². The van der Waals surface area contributed by atoms with Crippen LogP contribution in [0.3, 0.4) is 0 Å². The van der Waals surface area contributed by atoms with E-state index in [4.69, 9.17) is 9.26 Å². The molecule has 0 atom stereocenters. The third-order valence-corrected chi connectivity index (χ3v) is 3.45. The van der Waals surface area contributed by atoms with Gasteiger partial charge < -0.3 is 9.26 Å². The lowest BCUT2D eigenvalue weighted by molar-refractivity contribution is 0.388. The Labute approximate surface area is 118 Å². The normalized spacial score (nSPS) is 11.1. The molecule has 3 rings (SSSR count). The number of aryl methyl sites for hydroxylation is 1. The number of halogens is 1. The Hall–Kier alpha value is -1.82. The predicted octanol–water partition coefficient (Wildman–Crippen LogP) is 3.15. The largest absolute Gasteiger partial charge is 0.495 e. The van der Waals surface area contributed by atoms with Crippen molar-refractivity contribution >= 4 is 26.8 Å². The monoisotopic (exact) mass is 321 g/mol. The Morgan fingerprint density at radius 1 is 1.37 bits per heavy atom. The average Bonchev–Trinajstić information content (AvgIpc) is 2.94. The highest BCUT2D eigenvalue weighted by molar-refractivity contribution is 9.10. The highest BCUT2D eigenvalue weighted by Crippen LogP contribution is 2.29. The molecule has 0 N–H and O–H groups in total. The molecule has 2 heterocycles. The molecule has 0 amide bonds. The van der Waals surface area contributed by atoms with Crippen LogP contribution in [0, 0.1) is 6.92 Å². The number of benzene rings is 1. The van der Waals surface area contributed by atoms with E-state index in [0.29, 0.717) is 6.54 Å². The quantitative estimate of drug-likeness (QED) is 0.743. The number of methoxy groups -OCH3 is 1. The van der Waals surface area contributed by atoms with E-state index in [9.17, 15) is 0 Å². The van der Waals surface area contributed by atoms with Gasteiger partial charge in [-0.05, 0) is 28.9 Å². The van der Waals surface area contributed by atoms with Crippen molar-refractivity contribution in [3.63, 3.8) is 0 Å². The molecule has 0 radical (unpaired) electrons. The molecule has 0 aliphatic heterocycles. The van der Waals surface area contributed by atoms with Gasteiger partial charge in [0.15, 0.2) is 0 Å². The maximum atomic E-state index is 5.26. The summed E-state index contributed by atoms with van der Waals surface area (Å²) in [5.41, 5.74) is 1.75. The van der Waals surface area contributed by atoms with E-state index in [1.54, 1.807) is 7.11 Å². The SMILES string of the molecule is COc1cc2nn(Cc3cc(C)on3)cc2cc1Br. The molecule has 0 fully saturated rings. The van der Waals surface area contributed by atoms with E-state index in [1.165, 1.54) is 0 Å². The topological polar surface area (TPSA) is 53.1 Å². The standard InChI is InChI=1S/C13H12BrN3O2/c1-8-3-10(16-19-8)7-17-6-9-4-11(14)13(18-2)5-12(9)15-17/h3-6H,7H2,1-2H3. The van der Waals surface area contributed by atoms with Crippen LogP contribution in [0.15, 0.2) is 33.4 Å². The van der Waals surface area contributed by atoms with Crippen LogP contribution in [-0.4, -0.2) is 22.0 Å². The van der Waals surface area contributed by atoms with Crippen molar-refractivity contribution in [3.05, 3.63) is 40.3 Å². The number of aromatic nitrogens is 3. The first-order chi connectivity index (χ1) is 9.15. The van der Waals surface area contributed by atoms with E-state index in [0.717, 1.165) is 32.6 Å². The predicted molar refractivity (Wildman–Crippen MR) is 74.3 cm³/mol. The second kappa shape index (κ2) is 4.70. The van der Waals surface area contributed by atoms with Crippen molar-refractivity contribution in [2.24, 2.45) is 0 Å². The van der Waals surface area contributed by atoms with Gasteiger partial charge in [-0.3, -0.25) is 4.68 Å². The molecule has 0 unspecified atom stereocenters. The second-order valence-corrected chi connectivity index (χ2v) is 5.16. The molecule has 0 saturated heterocycles. The number of hydrogen-bond acceptors (Lipinski definition) is 4. The summed E-state index contributed by atoms with van der Waals surface area (Å²) in [5.74, 6) is 1.58. The molecular formula is C13H12BrN3O2. The summed E-state index contributed by atoms with van der Waals surface area (Å²) in [7, 11) is 1.64. The van der Waals surface area contributed by atoms with E-state index in [2.05, 4.69) is 26.2 Å². The summed E-state index contributed by atoms with van der Waals surface area (Å²) in [6.07, 6.45) is 1.98. The molecule has 3 aromatic rings. The first-order valence-corrected chi connectivity index (χ1v) is 6.58. The minimum absolute atomic E-state index is 0.589. The van der Waals surface area contributed by atoms with Crippen LogP contribution in [0.2, 0.25) is 0 Å². The third kappa shape index (κ3) is 2.35. The van der Waals surface area contributed by atoms with Crippen molar-refractivity contribution < 1.29 is 9.26 Å². The molecule has 19 heavy (non-hydrogen) atoms. The van der Waals surface area contributed by atoms with Crippen LogP contribution >= 0.6 is 15.9 Å². The van der Waals surface area contributed by atoms with Crippen LogP contribution in [0.1, 0.15) is 11.5 Å². The average molecular weight is 322 g/mol. The van der Waals surface area contributed by atoms with Crippen molar-refractivity contribution in [2.75, 3.05) is 7.11 Å². The van der Waals surface area contributed by atoms with Crippen molar-refractivity contribution in [2.45, 2.75) is 13.5 Å². The van der Waals surface area contributed by atoms with Crippen LogP contribution < -0.4 is 4.74 Å². The van der Waals surface area contributed by atoms with Gasteiger partial charge in [0, 0.05) is 23.7 Å². The maximum Gasteiger partial charge on any atom is 0.135 e. The summed E-state index contributed by atoms with van der Waals surface area (Å²) < 4.78 is 13.1. The van der Waals surface area contributed by atoms with E-state index in [-0.39, 0.29) is 0 Å². The van der Waals surface area contributed by atoms with Gasteiger partial charge in [-0.25, -0.2) is 0 Å². The van der Waals surface area contributed by atoms with E-state index < -0.39 is 0 Å². The van der Waals surface area contributed by atoms with Crippen molar-refractivity contribution in [1.82, 2.24) is 14.9 Å². The minimum Gasteiger partial charge on any atom is -0.495 e.